The number of benzene rings is 1. The maximum atomic E-state index is 11.3. The first-order chi connectivity index (χ1) is 9.14. The molecule has 1 fully saturated rings. The number of hydrogen-bond donors (Lipinski definition) is 3. The van der Waals surface area contributed by atoms with Crippen molar-refractivity contribution in [2.24, 2.45) is 11.1 Å². The summed E-state index contributed by atoms with van der Waals surface area (Å²) in [6.07, 6.45) is 0. The van der Waals surface area contributed by atoms with E-state index in [1.165, 1.54) is 0 Å². The molecule has 0 radical (unpaired) electrons. The van der Waals surface area contributed by atoms with Crippen molar-refractivity contribution < 1.29 is 19.4 Å². The Labute approximate surface area is 110 Å². The van der Waals surface area contributed by atoms with Crippen LogP contribution in [0.5, 0.6) is 5.75 Å². The van der Waals surface area contributed by atoms with Gasteiger partial charge in [-0.2, -0.15) is 0 Å². The average Bonchev–Trinajstić information content (AvgIpc) is 2.37. The number of carbonyl (C=O) groups is 1. The van der Waals surface area contributed by atoms with Crippen LogP contribution in [0.25, 0.3) is 0 Å². The number of nitrogens with one attached hydrogen (secondary N) is 1. The first-order valence-corrected chi connectivity index (χ1v) is 6.15. The van der Waals surface area contributed by atoms with Crippen molar-refractivity contribution in [3.63, 3.8) is 0 Å². The van der Waals surface area contributed by atoms with Crippen molar-refractivity contribution in [1.29, 1.82) is 0 Å². The van der Waals surface area contributed by atoms with Gasteiger partial charge in [0, 0.05) is 6.04 Å². The van der Waals surface area contributed by atoms with E-state index in [4.69, 9.17) is 15.2 Å². The summed E-state index contributed by atoms with van der Waals surface area (Å²) in [7, 11) is 0. The largest absolute Gasteiger partial charge is 0.482 e. The Balaban J connectivity index is 1.89. The predicted octanol–water partition coefficient (Wildman–Crippen LogP) is 0.0262. The van der Waals surface area contributed by atoms with E-state index in [9.17, 15) is 9.90 Å². The van der Waals surface area contributed by atoms with E-state index in [0.29, 0.717) is 24.7 Å². The fourth-order valence-corrected chi connectivity index (χ4v) is 2.38. The van der Waals surface area contributed by atoms with Crippen LogP contribution in [0, 0.1) is 5.41 Å². The molecule has 0 spiro atoms. The lowest BCUT2D eigenvalue weighted by molar-refractivity contribution is -0.150. The first kappa shape index (κ1) is 12.4. The molecule has 1 saturated heterocycles. The van der Waals surface area contributed by atoms with E-state index in [0.717, 1.165) is 5.56 Å². The molecule has 1 unspecified atom stereocenters. The third-order valence-corrected chi connectivity index (χ3v) is 3.75. The van der Waals surface area contributed by atoms with Crippen molar-refractivity contribution in [3.05, 3.63) is 23.8 Å². The van der Waals surface area contributed by atoms with Crippen molar-refractivity contribution in [2.75, 3.05) is 31.7 Å². The molecule has 6 nitrogen and oxygen atoms in total. The minimum absolute atomic E-state index is 0.0197. The van der Waals surface area contributed by atoms with E-state index in [-0.39, 0.29) is 25.2 Å². The van der Waals surface area contributed by atoms with Crippen molar-refractivity contribution in [2.45, 2.75) is 6.04 Å². The molecule has 0 aliphatic carbocycles. The Morgan fingerprint density at radius 3 is 2.89 bits per heavy atom. The summed E-state index contributed by atoms with van der Waals surface area (Å²) in [6.45, 7) is 0.913. The van der Waals surface area contributed by atoms with Crippen LogP contribution in [0.3, 0.4) is 0 Å². The quantitative estimate of drug-likeness (QED) is 0.716. The van der Waals surface area contributed by atoms with Crippen LogP contribution < -0.4 is 15.8 Å². The van der Waals surface area contributed by atoms with Crippen LogP contribution in [0.4, 0.5) is 5.69 Å². The highest BCUT2D eigenvalue weighted by Crippen LogP contribution is 2.40. The third kappa shape index (κ3) is 1.98. The normalized spacial score (nSPS) is 21.7. The minimum Gasteiger partial charge on any atom is -0.482 e. The van der Waals surface area contributed by atoms with Gasteiger partial charge in [-0.25, -0.2) is 0 Å². The van der Waals surface area contributed by atoms with Gasteiger partial charge in [0.25, 0.3) is 5.91 Å². The number of anilines is 1. The van der Waals surface area contributed by atoms with Gasteiger partial charge in [0.05, 0.1) is 30.9 Å². The molecule has 3 rings (SSSR count). The monoisotopic (exact) mass is 264 g/mol. The van der Waals surface area contributed by atoms with Gasteiger partial charge in [-0.1, -0.05) is 6.07 Å². The molecular formula is C13H16N2O4. The number of amides is 1. The number of aliphatic hydroxyl groups is 1. The smallest absolute Gasteiger partial charge is 0.262 e. The van der Waals surface area contributed by atoms with E-state index in [2.05, 4.69) is 5.32 Å². The molecule has 102 valence electrons. The number of rotatable bonds is 3. The molecule has 2 aliphatic heterocycles. The minimum atomic E-state index is -0.423. The van der Waals surface area contributed by atoms with E-state index in [1.54, 1.807) is 12.1 Å². The maximum absolute atomic E-state index is 11.3. The Morgan fingerprint density at radius 2 is 2.26 bits per heavy atom. The molecule has 1 aromatic carbocycles. The van der Waals surface area contributed by atoms with Crippen molar-refractivity contribution >= 4 is 11.6 Å². The molecule has 1 aromatic rings. The molecule has 4 N–H and O–H groups in total. The fourth-order valence-electron chi connectivity index (χ4n) is 2.38. The number of fused-ring (bicyclic) bond motifs is 1. The van der Waals surface area contributed by atoms with Crippen LogP contribution >= 0.6 is 0 Å². The second-order valence-electron chi connectivity index (χ2n) is 5.08. The summed E-state index contributed by atoms with van der Waals surface area (Å²) in [4.78, 5) is 11.3. The lowest BCUT2D eigenvalue weighted by Gasteiger charge is -2.44. The summed E-state index contributed by atoms with van der Waals surface area (Å²) in [5, 5.41) is 12.2. The molecule has 6 heteroatoms. The lowest BCUT2D eigenvalue weighted by Crippen LogP contribution is -2.52. The number of ether oxygens (including phenoxy) is 2. The van der Waals surface area contributed by atoms with E-state index < -0.39 is 5.41 Å². The van der Waals surface area contributed by atoms with E-state index in [1.807, 2.05) is 6.07 Å². The Morgan fingerprint density at radius 1 is 1.47 bits per heavy atom. The summed E-state index contributed by atoms with van der Waals surface area (Å²) in [5.41, 5.74) is 7.27. The van der Waals surface area contributed by atoms with Gasteiger partial charge in [-0.15, -0.1) is 0 Å². The Hall–Kier alpha value is -1.63. The van der Waals surface area contributed by atoms with Crippen LogP contribution in [-0.4, -0.2) is 37.4 Å². The summed E-state index contributed by atoms with van der Waals surface area (Å²) in [6, 6.07) is 5.10. The summed E-state index contributed by atoms with van der Waals surface area (Å²) < 4.78 is 10.5. The Bertz CT molecular complexity index is 508. The van der Waals surface area contributed by atoms with Gasteiger partial charge < -0.3 is 25.6 Å². The second-order valence-corrected chi connectivity index (χ2v) is 5.08. The summed E-state index contributed by atoms with van der Waals surface area (Å²) in [5.74, 6) is 0.459. The van der Waals surface area contributed by atoms with Gasteiger partial charge in [0.2, 0.25) is 0 Å². The number of nitrogens with two attached hydrogens (primary N) is 1. The zero-order valence-electron chi connectivity index (χ0n) is 10.4. The summed E-state index contributed by atoms with van der Waals surface area (Å²) >= 11 is 0. The van der Waals surface area contributed by atoms with E-state index >= 15 is 0 Å². The topological polar surface area (TPSA) is 93.8 Å². The van der Waals surface area contributed by atoms with Crippen LogP contribution in [0.15, 0.2) is 18.2 Å². The third-order valence-electron chi connectivity index (χ3n) is 3.75. The Kier molecular flexibility index (Phi) is 2.93. The predicted molar refractivity (Wildman–Crippen MR) is 67.8 cm³/mol. The SMILES string of the molecule is NC(c1ccc2c(c1)NC(=O)CO2)C1(CO)COC1. The maximum Gasteiger partial charge on any atom is 0.262 e. The number of hydrogen-bond acceptors (Lipinski definition) is 5. The van der Waals surface area contributed by atoms with Gasteiger partial charge in [-0.05, 0) is 17.7 Å². The molecular weight excluding hydrogens is 248 g/mol. The highest BCUT2D eigenvalue weighted by molar-refractivity contribution is 5.95. The fraction of sp³-hybridized carbons (Fsp3) is 0.462. The van der Waals surface area contributed by atoms with Crippen LogP contribution in [0.2, 0.25) is 0 Å². The van der Waals surface area contributed by atoms with Crippen molar-refractivity contribution in [3.8, 4) is 5.75 Å². The van der Waals surface area contributed by atoms with Gasteiger partial charge >= 0.3 is 0 Å². The molecule has 0 bridgehead atoms. The molecule has 0 aromatic heterocycles. The second kappa shape index (κ2) is 4.48. The lowest BCUT2D eigenvalue weighted by atomic mass is 9.76. The highest BCUT2D eigenvalue weighted by atomic mass is 16.5. The average molecular weight is 264 g/mol. The van der Waals surface area contributed by atoms with Gasteiger partial charge in [-0.3, -0.25) is 4.79 Å². The highest BCUT2D eigenvalue weighted by Gasteiger charge is 2.44. The zero-order chi connectivity index (χ0) is 13.5. The number of aliphatic hydroxyl groups excluding tert-OH is 1. The molecule has 0 saturated carbocycles. The zero-order valence-corrected chi connectivity index (χ0v) is 10.4. The molecule has 19 heavy (non-hydrogen) atoms. The number of carbonyl (C=O) groups excluding carboxylic acids is 1. The molecule has 1 amide bonds. The molecule has 2 aliphatic rings. The van der Waals surface area contributed by atoms with Gasteiger partial charge in [0.1, 0.15) is 5.75 Å². The van der Waals surface area contributed by atoms with Crippen LogP contribution in [-0.2, 0) is 9.53 Å². The van der Waals surface area contributed by atoms with Gasteiger partial charge in [0.15, 0.2) is 6.61 Å². The van der Waals surface area contributed by atoms with Crippen LogP contribution in [0.1, 0.15) is 11.6 Å². The molecule has 2 heterocycles. The first-order valence-electron chi connectivity index (χ1n) is 6.15. The van der Waals surface area contributed by atoms with Crippen molar-refractivity contribution in [1.82, 2.24) is 0 Å². The molecule has 1 atom stereocenters. The standard InChI is InChI=1S/C13H16N2O4/c14-12(13(5-16)6-18-7-13)8-1-2-10-9(3-8)15-11(17)4-19-10/h1-3,12,16H,4-7,14H2,(H,15,17).